The van der Waals surface area contributed by atoms with Crippen molar-refractivity contribution in [2.45, 2.75) is 37.5 Å². The van der Waals surface area contributed by atoms with Crippen molar-refractivity contribution in [3.63, 3.8) is 0 Å². The summed E-state index contributed by atoms with van der Waals surface area (Å²) in [6.45, 7) is 4.24. The molecule has 1 aliphatic heterocycles. The van der Waals surface area contributed by atoms with Gasteiger partial charge in [0.25, 0.3) is 0 Å². The number of carbonyl (C=O) groups is 2. The van der Waals surface area contributed by atoms with E-state index in [0.29, 0.717) is 30.1 Å². The fourth-order valence-corrected chi connectivity index (χ4v) is 5.09. The summed E-state index contributed by atoms with van der Waals surface area (Å²) in [6, 6.07) is 13.5. The van der Waals surface area contributed by atoms with Crippen LogP contribution in [0, 0.1) is 5.92 Å². The zero-order valence-electron chi connectivity index (χ0n) is 18.6. The fourth-order valence-electron chi connectivity index (χ4n) is 3.62. The first-order valence-electron chi connectivity index (χ1n) is 10.7. The standard InChI is InChI=1S/C24H29NO6S/c1-17(2)18-6-10-22(11-7-18)32(28,29)25-14-12-20(13-15-25)24(27)31-16-23(26)19-4-8-21(30-3)9-5-19/h4-11,17,20H,12-16H2,1-3H3. The second-order valence-corrected chi connectivity index (χ2v) is 10.1. The molecule has 172 valence electrons. The molecule has 0 radical (unpaired) electrons. The maximum atomic E-state index is 12.9. The van der Waals surface area contributed by atoms with Crippen LogP contribution in [0.2, 0.25) is 0 Å². The second-order valence-electron chi connectivity index (χ2n) is 8.16. The number of sulfonamides is 1. The van der Waals surface area contributed by atoms with E-state index in [9.17, 15) is 18.0 Å². The summed E-state index contributed by atoms with van der Waals surface area (Å²) in [5, 5.41) is 0. The summed E-state index contributed by atoms with van der Waals surface area (Å²) >= 11 is 0. The van der Waals surface area contributed by atoms with Crippen LogP contribution in [0.25, 0.3) is 0 Å². The van der Waals surface area contributed by atoms with Gasteiger partial charge in [0.15, 0.2) is 12.4 Å². The Balaban J connectivity index is 1.51. The molecule has 1 saturated heterocycles. The molecule has 0 unspecified atom stereocenters. The topological polar surface area (TPSA) is 90.0 Å². The van der Waals surface area contributed by atoms with Gasteiger partial charge in [0.1, 0.15) is 5.75 Å². The molecule has 0 aromatic heterocycles. The number of Topliss-reactive ketones (excluding diaryl/α,β-unsaturated/α-hetero) is 1. The zero-order chi connectivity index (χ0) is 23.3. The van der Waals surface area contributed by atoms with Crippen LogP contribution < -0.4 is 4.74 Å². The third-order valence-electron chi connectivity index (χ3n) is 5.73. The molecular formula is C24H29NO6S. The molecular weight excluding hydrogens is 430 g/mol. The number of piperidine rings is 1. The summed E-state index contributed by atoms with van der Waals surface area (Å²) in [5.74, 6) is -0.231. The SMILES string of the molecule is COc1ccc(C(=O)COC(=O)C2CCN(S(=O)(=O)c3ccc(C(C)C)cc3)CC2)cc1. The molecule has 2 aromatic rings. The highest BCUT2D eigenvalue weighted by Gasteiger charge is 2.33. The summed E-state index contributed by atoms with van der Waals surface area (Å²) in [7, 11) is -2.06. The van der Waals surface area contributed by atoms with Crippen LogP contribution >= 0.6 is 0 Å². The average Bonchev–Trinajstić information content (AvgIpc) is 2.82. The maximum absolute atomic E-state index is 12.9. The molecule has 3 rings (SSSR count). The van der Waals surface area contributed by atoms with Gasteiger partial charge in [-0.15, -0.1) is 0 Å². The van der Waals surface area contributed by atoms with E-state index in [1.54, 1.807) is 36.4 Å². The molecule has 32 heavy (non-hydrogen) atoms. The Morgan fingerprint density at radius 1 is 1.00 bits per heavy atom. The van der Waals surface area contributed by atoms with Gasteiger partial charge >= 0.3 is 5.97 Å². The Morgan fingerprint density at radius 3 is 2.12 bits per heavy atom. The molecule has 7 nitrogen and oxygen atoms in total. The van der Waals surface area contributed by atoms with Crippen molar-refractivity contribution in [3.05, 3.63) is 59.7 Å². The minimum absolute atomic E-state index is 0.237. The molecule has 2 aromatic carbocycles. The molecule has 0 atom stereocenters. The van der Waals surface area contributed by atoms with Crippen molar-refractivity contribution in [1.29, 1.82) is 0 Å². The fraction of sp³-hybridized carbons (Fsp3) is 0.417. The van der Waals surface area contributed by atoms with Crippen LogP contribution in [0.4, 0.5) is 0 Å². The minimum atomic E-state index is -3.60. The highest BCUT2D eigenvalue weighted by molar-refractivity contribution is 7.89. The van der Waals surface area contributed by atoms with Gasteiger partial charge in [-0.1, -0.05) is 26.0 Å². The van der Waals surface area contributed by atoms with Gasteiger partial charge in [-0.25, -0.2) is 8.42 Å². The van der Waals surface area contributed by atoms with E-state index in [0.717, 1.165) is 5.56 Å². The number of hydrogen-bond donors (Lipinski definition) is 0. The number of ketones is 1. The van der Waals surface area contributed by atoms with Crippen molar-refractivity contribution in [2.75, 3.05) is 26.8 Å². The van der Waals surface area contributed by atoms with E-state index < -0.39 is 21.9 Å². The van der Waals surface area contributed by atoms with Gasteiger partial charge < -0.3 is 9.47 Å². The van der Waals surface area contributed by atoms with Gasteiger partial charge in [0, 0.05) is 18.7 Å². The molecule has 0 spiro atoms. The third kappa shape index (κ3) is 5.55. The van der Waals surface area contributed by atoms with Crippen LogP contribution in [0.5, 0.6) is 5.75 Å². The van der Waals surface area contributed by atoms with E-state index in [4.69, 9.17) is 9.47 Å². The van der Waals surface area contributed by atoms with E-state index in [2.05, 4.69) is 13.8 Å². The molecule has 0 bridgehead atoms. The lowest BCUT2D eigenvalue weighted by atomic mass is 9.98. The number of hydrogen-bond acceptors (Lipinski definition) is 6. The number of ether oxygens (including phenoxy) is 2. The number of esters is 1. The van der Waals surface area contributed by atoms with Crippen LogP contribution in [-0.2, 0) is 19.6 Å². The van der Waals surface area contributed by atoms with Gasteiger partial charge in [-0.3, -0.25) is 9.59 Å². The number of carbonyl (C=O) groups excluding carboxylic acids is 2. The summed E-state index contributed by atoms with van der Waals surface area (Å²) in [5.41, 5.74) is 1.51. The molecule has 1 fully saturated rings. The maximum Gasteiger partial charge on any atom is 0.309 e. The second kappa shape index (κ2) is 10.3. The van der Waals surface area contributed by atoms with E-state index >= 15 is 0 Å². The lowest BCUT2D eigenvalue weighted by Crippen LogP contribution is -2.40. The number of benzene rings is 2. The summed E-state index contributed by atoms with van der Waals surface area (Å²) in [4.78, 5) is 24.9. The Kier molecular flexibility index (Phi) is 7.69. The first-order chi connectivity index (χ1) is 15.2. The molecule has 0 N–H and O–H groups in total. The van der Waals surface area contributed by atoms with Crippen LogP contribution in [-0.4, -0.2) is 51.3 Å². The van der Waals surface area contributed by atoms with E-state index in [1.807, 2.05) is 12.1 Å². The van der Waals surface area contributed by atoms with Crippen molar-refractivity contribution in [1.82, 2.24) is 4.31 Å². The Bertz CT molecular complexity index is 1040. The van der Waals surface area contributed by atoms with Gasteiger partial charge in [-0.05, 0) is 60.7 Å². The average molecular weight is 460 g/mol. The highest BCUT2D eigenvalue weighted by Crippen LogP contribution is 2.26. The first-order valence-corrected chi connectivity index (χ1v) is 12.1. The van der Waals surface area contributed by atoms with Crippen molar-refractivity contribution >= 4 is 21.8 Å². The monoisotopic (exact) mass is 459 g/mol. The highest BCUT2D eigenvalue weighted by atomic mass is 32.2. The van der Waals surface area contributed by atoms with Crippen molar-refractivity contribution in [2.24, 2.45) is 5.92 Å². The van der Waals surface area contributed by atoms with Crippen LogP contribution in [0.3, 0.4) is 0 Å². The predicted octanol–water partition coefficient (Wildman–Crippen LogP) is 3.65. The third-order valence-corrected chi connectivity index (χ3v) is 7.64. The summed E-state index contributed by atoms with van der Waals surface area (Å²) in [6.07, 6.45) is 0.720. The number of nitrogens with zero attached hydrogens (tertiary/aromatic N) is 1. The van der Waals surface area contributed by atoms with Crippen LogP contribution in [0.15, 0.2) is 53.4 Å². The molecule has 0 saturated carbocycles. The number of rotatable bonds is 8. The first kappa shape index (κ1) is 23.9. The molecule has 1 aliphatic rings. The molecule has 8 heteroatoms. The minimum Gasteiger partial charge on any atom is -0.497 e. The summed E-state index contributed by atoms with van der Waals surface area (Å²) < 4.78 is 37.5. The lowest BCUT2D eigenvalue weighted by Gasteiger charge is -2.30. The van der Waals surface area contributed by atoms with Crippen LogP contribution in [0.1, 0.15) is 48.5 Å². The molecule has 1 heterocycles. The Morgan fingerprint density at radius 2 is 1.59 bits per heavy atom. The van der Waals surface area contributed by atoms with Gasteiger partial charge in [0.2, 0.25) is 10.0 Å². The smallest absolute Gasteiger partial charge is 0.309 e. The van der Waals surface area contributed by atoms with Crippen molar-refractivity contribution in [3.8, 4) is 5.75 Å². The quantitative estimate of drug-likeness (QED) is 0.442. The van der Waals surface area contributed by atoms with Gasteiger partial charge in [0.05, 0.1) is 17.9 Å². The number of methoxy groups -OCH3 is 1. The molecule has 0 amide bonds. The largest absolute Gasteiger partial charge is 0.497 e. The molecule has 0 aliphatic carbocycles. The van der Waals surface area contributed by atoms with E-state index in [1.165, 1.54) is 11.4 Å². The zero-order valence-corrected chi connectivity index (χ0v) is 19.4. The normalized spacial score (nSPS) is 15.5. The predicted molar refractivity (Wildman–Crippen MR) is 120 cm³/mol. The van der Waals surface area contributed by atoms with Crippen molar-refractivity contribution < 1.29 is 27.5 Å². The Labute approximate surface area is 189 Å². The Hall–Kier alpha value is -2.71. The van der Waals surface area contributed by atoms with Gasteiger partial charge in [-0.2, -0.15) is 4.31 Å². The van der Waals surface area contributed by atoms with E-state index in [-0.39, 0.29) is 30.4 Å². The lowest BCUT2D eigenvalue weighted by molar-refractivity contribution is -0.148.